The van der Waals surface area contributed by atoms with Gasteiger partial charge in [0.05, 0.1) is 6.61 Å². The van der Waals surface area contributed by atoms with Crippen LogP contribution in [-0.2, 0) is 11.2 Å². The first-order valence-electron chi connectivity index (χ1n) is 6.88. The number of nitrogens with zero attached hydrogens (tertiary/aromatic N) is 1. The molecule has 0 bridgehead atoms. The minimum atomic E-state index is 0.114. The van der Waals surface area contributed by atoms with Crippen molar-refractivity contribution >= 4 is 17.3 Å². The van der Waals surface area contributed by atoms with Gasteiger partial charge < -0.3 is 15.3 Å². The third-order valence-corrected chi connectivity index (χ3v) is 4.38. The number of carbonyl (C=O) groups is 1. The minimum absolute atomic E-state index is 0.114. The number of anilines is 2. The molecule has 0 radical (unpaired) electrons. The summed E-state index contributed by atoms with van der Waals surface area (Å²) in [5.41, 5.74) is 3.44. The van der Waals surface area contributed by atoms with Crippen molar-refractivity contribution in [1.82, 2.24) is 0 Å². The molecule has 1 aromatic rings. The van der Waals surface area contributed by atoms with Gasteiger partial charge in [0, 0.05) is 36.8 Å². The molecule has 0 spiro atoms. The maximum Gasteiger partial charge on any atom is 0.227 e. The van der Waals surface area contributed by atoms with Gasteiger partial charge in [0.15, 0.2) is 0 Å². The topological polar surface area (TPSA) is 52.6 Å². The fraction of sp³-hybridized carbons (Fsp3) is 0.533. The average Bonchev–Trinajstić information content (AvgIpc) is 3.21. The summed E-state index contributed by atoms with van der Waals surface area (Å²) in [5, 5.41) is 12.7. The Morgan fingerprint density at radius 1 is 1.37 bits per heavy atom. The lowest BCUT2D eigenvalue weighted by Gasteiger charge is -2.26. The molecular formula is C15H20N2O2. The number of hydrogen-bond donors (Lipinski definition) is 2. The number of aliphatic hydroxyl groups excluding tert-OH is 1. The molecule has 0 saturated heterocycles. The molecule has 0 aromatic heterocycles. The van der Waals surface area contributed by atoms with E-state index in [1.807, 2.05) is 19.2 Å². The Bertz CT molecular complexity index is 509. The van der Waals surface area contributed by atoms with Crippen LogP contribution in [0.1, 0.15) is 24.8 Å². The monoisotopic (exact) mass is 260 g/mol. The summed E-state index contributed by atoms with van der Waals surface area (Å²) >= 11 is 0. The summed E-state index contributed by atoms with van der Waals surface area (Å²) in [7, 11) is 1.83. The Balaban J connectivity index is 1.73. The highest BCUT2D eigenvalue weighted by molar-refractivity contribution is 5.96. The number of fused-ring (bicyclic) bond motifs is 1. The van der Waals surface area contributed by atoms with E-state index in [2.05, 4.69) is 11.4 Å². The molecular weight excluding hydrogens is 240 g/mol. The zero-order chi connectivity index (χ0) is 13.5. The third kappa shape index (κ3) is 2.32. The molecule has 2 N–H and O–H groups in total. The molecule has 3 rings (SSSR count). The van der Waals surface area contributed by atoms with Crippen LogP contribution >= 0.6 is 0 Å². The lowest BCUT2D eigenvalue weighted by Crippen LogP contribution is -2.31. The Hall–Kier alpha value is -1.55. The molecule has 1 aliphatic heterocycles. The number of rotatable bonds is 4. The Morgan fingerprint density at radius 3 is 2.84 bits per heavy atom. The SMILES string of the molecule is CN1C(=O)CCc2cc(NCC3(CO)CC3)ccc21. The van der Waals surface area contributed by atoms with E-state index in [0.29, 0.717) is 6.42 Å². The number of aliphatic hydroxyl groups is 1. The van der Waals surface area contributed by atoms with Gasteiger partial charge in [0.25, 0.3) is 0 Å². The van der Waals surface area contributed by atoms with Gasteiger partial charge >= 0.3 is 0 Å². The Kier molecular flexibility index (Phi) is 2.97. The van der Waals surface area contributed by atoms with E-state index in [4.69, 9.17) is 0 Å². The molecule has 2 aliphatic rings. The van der Waals surface area contributed by atoms with Crippen LogP contribution in [-0.4, -0.2) is 31.2 Å². The van der Waals surface area contributed by atoms with Crippen molar-refractivity contribution in [2.24, 2.45) is 5.41 Å². The second-order valence-corrected chi connectivity index (χ2v) is 5.81. The number of carbonyl (C=O) groups excluding carboxylic acids is 1. The first kappa shape index (κ1) is 12.5. The third-order valence-electron chi connectivity index (χ3n) is 4.38. The highest BCUT2D eigenvalue weighted by atomic mass is 16.3. The molecule has 0 atom stereocenters. The van der Waals surface area contributed by atoms with E-state index in [9.17, 15) is 9.90 Å². The molecule has 1 amide bonds. The first-order valence-corrected chi connectivity index (χ1v) is 6.88. The van der Waals surface area contributed by atoms with Crippen molar-refractivity contribution in [3.63, 3.8) is 0 Å². The van der Waals surface area contributed by atoms with E-state index in [0.717, 1.165) is 37.2 Å². The fourth-order valence-electron chi connectivity index (χ4n) is 2.62. The van der Waals surface area contributed by atoms with Crippen LogP contribution in [0, 0.1) is 5.41 Å². The number of nitrogens with one attached hydrogen (secondary N) is 1. The van der Waals surface area contributed by atoms with Gasteiger partial charge in [-0.25, -0.2) is 0 Å². The van der Waals surface area contributed by atoms with Crippen LogP contribution in [0.15, 0.2) is 18.2 Å². The van der Waals surface area contributed by atoms with Gasteiger partial charge in [0.2, 0.25) is 5.91 Å². The minimum Gasteiger partial charge on any atom is -0.396 e. The van der Waals surface area contributed by atoms with Gasteiger partial charge in [-0.15, -0.1) is 0 Å². The quantitative estimate of drug-likeness (QED) is 0.867. The van der Waals surface area contributed by atoms with E-state index >= 15 is 0 Å². The van der Waals surface area contributed by atoms with Gasteiger partial charge in [-0.05, 0) is 43.0 Å². The molecule has 0 unspecified atom stereocenters. The second kappa shape index (κ2) is 4.53. The van der Waals surface area contributed by atoms with Crippen molar-refractivity contribution in [2.75, 3.05) is 30.4 Å². The summed E-state index contributed by atoms with van der Waals surface area (Å²) < 4.78 is 0. The molecule has 19 heavy (non-hydrogen) atoms. The van der Waals surface area contributed by atoms with Crippen molar-refractivity contribution in [1.29, 1.82) is 0 Å². The molecule has 1 heterocycles. The van der Waals surface area contributed by atoms with E-state index in [1.165, 1.54) is 5.56 Å². The maximum atomic E-state index is 11.6. The molecule has 1 aliphatic carbocycles. The van der Waals surface area contributed by atoms with Crippen LogP contribution < -0.4 is 10.2 Å². The second-order valence-electron chi connectivity index (χ2n) is 5.81. The van der Waals surface area contributed by atoms with E-state index < -0.39 is 0 Å². The van der Waals surface area contributed by atoms with E-state index in [-0.39, 0.29) is 17.9 Å². The molecule has 1 fully saturated rings. The summed E-state index contributed by atoms with van der Waals surface area (Å²) in [6.07, 6.45) is 3.63. The molecule has 102 valence electrons. The maximum absolute atomic E-state index is 11.6. The Labute approximate surface area is 113 Å². The van der Waals surface area contributed by atoms with Crippen molar-refractivity contribution in [3.05, 3.63) is 23.8 Å². The molecule has 4 heteroatoms. The van der Waals surface area contributed by atoms with E-state index in [1.54, 1.807) is 4.90 Å². The van der Waals surface area contributed by atoms with Crippen LogP contribution in [0.3, 0.4) is 0 Å². The fourth-order valence-corrected chi connectivity index (χ4v) is 2.62. The summed E-state index contributed by atoms with van der Waals surface area (Å²) in [6.45, 7) is 1.10. The highest BCUT2D eigenvalue weighted by Gasteiger charge is 2.41. The number of hydrogen-bond acceptors (Lipinski definition) is 3. The summed E-state index contributed by atoms with van der Waals surface area (Å²) in [4.78, 5) is 13.4. The van der Waals surface area contributed by atoms with Crippen molar-refractivity contribution in [3.8, 4) is 0 Å². The standard InChI is InChI=1S/C15H20N2O2/c1-17-13-4-3-12(8-11(13)2-5-14(17)19)16-9-15(10-18)6-7-15/h3-4,8,16,18H,2,5-7,9-10H2,1H3. The van der Waals surface area contributed by atoms with Gasteiger partial charge in [0.1, 0.15) is 0 Å². The lowest BCUT2D eigenvalue weighted by atomic mass is 10.0. The highest BCUT2D eigenvalue weighted by Crippen LogP contribution is 2.45. The summed E-state index contributed by atoms with van der Waals surface area (Å²) in [5.74, 6) is 0.186. The summed E-state index contributed by atoms with van der Waals surface area (Å²) in [6, 6.07) is 6.15. The molecule has 1 aromatic carbocycles. The average molecular weight is 260 g/mol. The van der Waals surface area contributed by atoms with Gasteiger partial charge in [-0.3, -0.25) is 4.79 Å². The zero-order valence-electron chi connectivity index (χ0n) is 11.3. The predicted molar refractivity (Wildman–Crippen MR) is 75.4 cm³/mol. The molecule has 4 nitrogen and oxygen atoms in total. The van der Waals surface area contributed by atoms with Crippen molar-refractivity contribution in [2.45, 2.75) is 25.7 Å². The molecule has 1 saturated carbocycles. The van der Waals surface area contributed by atoms with Crippen LogP contribution in [0.4, 0.5) is 11.4 Å². The number of aryl methyl sites for hydroxylation is 1. The first-order chi connectivity index (χ1) is 9.13. The zero-order valence-corrected chi connectivity index (χ0v) is 11.3. The van der Waals surface area contributed by atoms with Crippen LogP contribution in [0.2, 0.25) is 0 Å². The lowest BCUT2D eigenvalue weighted by molar-refractivity contribution is -0.118. The van der Waals surface area contributed by atoms with Crippen LogP contribution in [0.25, 0.3) is 0 Å². The van der Waals surface area contributed by atoms with Gasteiger partial charge in [-0.1, -0.05) is 0 Å². The largest absolute Gasteiger partial charge is 0.396 e. The number of benzene rings is 1. The van der Waals surface area contributed by atoms with Crippen molar-refractivity contribution < 1.29 is 9.90 Å². The normalized spacial score (nSPS) is 20.1. The smallest absolute Gasteiger partial charge is 0.227 e. The predicted octanol–water partition coefficient (Wildman–Crippen LogP) is 1.78. The van der Waals surface area contributed by atoms with Gasteiger partial charge in [-0.2, -0.15) is 0 Å². The van der Waals surface area contributed by atoms with Crippen LogP contribution in [0.5, 0.6) is 0 Å². The Morgan fingerprint density at radius 2 is 2.16 bits per heavy atom. The number of amides is 1.